The smallest absolute Gasteiger partial charge is 0.113 e. The van der Waals surface area contributed by atoms with E-state index in [0.717, 1.165) is 6.42 Å². The molecule has 70 valence electrons. The zero-order chi connectivity index (χ0) is 8.72. The highest BCUT2D eigenvalue weighted by Gasteiger charge is 2.54. The molecule has 0 radical (unpaired) electrons. The number of rotatable bonds is 2. The first-order valence-electron chi connectivity index (χ1n) is 4.17. The summed E-state index contributed by atoms with van der Waals surface area (Å²) >= 11 is 0. The Balaban J connectivity index is 2.07. The first kappa shape index (κ1) is 8.44. The third-order valence-corrected chi connectivity index (χ3v) is 2.78. The van der Waals surface area contributed by atoms with E-state index in [2.05, 4.69) is 0 Å². The molecule has 0 unspecified atom stereocenters. The molecular formula is C8H14O4. The molecule has 2 rings (SSSR count). The quantitative estimate of drug-likeness (QED) is 0.616. The van der Waals surface area contributed by atoms with Gasteiger partial charge in [-0.05, 0) is 0 Å². The van der Waals surface area contributed by atoms with Crippen molar-refractivity contribution in [1.82, 2.24) is 0 Å². The van der Waals surface area contributed by atoms with Gasteiger partial charge in [-0.15, -0.1) is 0 Å². The normalized spacial score (nSPS) is 51.8. The van der Waals surface area contributed by atoms with Crippen LogP contribution in [0.2, 0.25) is 0 Å². The minimum Gasteiger partial charge on any atom is -0.387 e. The van der Waals surface area contributed by atoms with Crippen molar-refractivity contribution < 1.29 is 19.3 Å². The molecule has 0 saturated carbocycles. The van der Waals surface area contributed by atoms with Crippen LogP contribution in [0, 0.1) is 0 Å². The van der Waals surface area contributed by atoms with Gasteiger partial charge in [0.1, 0.15) is 18.3 Å². The van der Waals surface area contributed by atoms with Crippen LogP contribution >= 0.6 is 0 Å². The zero-order valence-corrected chi connectivity index (χ0v) is 7.27. The number of methoxy groups -OCH3 is 2. The van der Waals surface area contributed by atoms with Gasteiger partial charge in [0.25, 0.3) is 0 Å². The minimum absolute atomic E-state index is 0.0138. The summed E-state index contributed by atoms with van der Waals surface area (Å²) in [6, 6.07) is 0. The molecule has 5 atom stereocenters. The topological polar surface area (TPSA) is 47.9 Å². The van der Waals surface area contributed by atoms with Crippen LogP contribution in [-0.4, -0.2) is 49.8 Å². The van der Waals surface area contributed by atoms with E-state index >= 15 is 0 Å². The number of aliphatic hydroxyl groups excluding tert-OH is 1. The van der Waals surface area contributed by atoms with Crippen LogP contribution in [0.4, 0.5) is 0 Å². The van der Waals surface area contributed by atoms with Crippen molar-refractivity contribution in [3.05, 3.63) is 0 Å². The summed E-state index contributed by atoms with van der Waals surface area (Å²) in [7, 11) is 3.24. The van der Waals surface area contributed by atoms with Crippen molar-refractivity contribution in [2.75, 3.05) is 14.2 Å². The molecule has 2 aliphatic heterocycles. The fourth-order valence-electron chi connectivity index (χ4n) is 2.15. The number of aliphatic hydroxyl groups is 1. The summed E-state index contributed by atoms with van der Waals surface area (Å²) in [5.41, 5.74) is 0. The van der Waals surface area contributed by atoms with Crippen molar-refractivity contribution >= 4 is 0 Å². The molecule has 1 N–H and O–H groups in total. The van der Waals surface area contributed by atoms with Crippen LogP contribution in [0.5, 0.6) is 0 Å². The van der Waals surface area contributed by atoms with E-state index in [1.165, 1.54) is 0 Å². The van der Waals surface area contributed by atoms with Gasteiger partial charge in [0, 0.05) is 20.6 Å². The summed E-state index contributed by atoms with van der Waals surface area (Å²) in [5, 5.41) is 9.65. The highest BCUT2D eigenvalue weighted by Crippen LogP contribution is 2.37. The van der Waals surface area contributed by atoms with Crippen LogP contribution in [0.3, 0.4) is 0 Å². The van der Waals surface area contributed by atoms with Gasteiger partial charge in [0.15, 0.2) is 0 Å². The fourth-order valence-corrected chi connectivity index (χ4v) is 2.15. The SMILES string of the molecule is CO[C@H]1[C@H](O)[C@H]2O[C@@H]1C[C@H]2OC. The molecule has 12 heavy (non-hydrogen) atoms. The molecule has 0 aromatic heterocycles. The fraction of sp³-hybridized carbons (Fsp3) is 1.00. The molecule has 0 spiro atoms. The Labute approximate surface area is 71.4 Å². The molecule has 0 aliphatic carbocycles. The molecule has 4 nitrogen and oxygen atoms in total. The summed E-state index contributed by atoms with van der Waals surface area (Å²) in [6.07, 6.45) is -0.00194. The monoisotopic (exact) mass is 174 g/mol. The van der Waals surface area contributed by atoms with Crippen LogP contribution in [0.1, 0.15) is 6.42 Å². The maximum atomic E-state index is 9.65. The van der Waals surface area contributed by atoms with Crippen LogP contribution in [0.15, 0.2) is 0 Å². The lowest BCUT2D eigenvalue weighted by Gasteiger charge is -2.27. The number of ether oxygens (including phenoxy) is 3. The van der Waals surface area contributed by atoms with E-state index in [9.17, 15) is 5.11 Å². The van der Waals surface area contributed by atoms with Crippen LogP contribution < -0.4 is 0 Å². The molecular weight excluding hydrogens is 160 g/mol. The Morgan fingerprint density at radius 1 is 1.33 bits per heavy atom. The van der Waals surface area contributed by atoms with Crippen molar-refractivity contribution in [3.63, 3.8) is 0 Å². The van der Waals surface area contributed by atoms with Gasteiger partial charge in [-0.2, -0.15) is 0 Å². The van der Waals surface area contributed by atoms with Crippen molar-refractivity contribution in [2.24, 2.45) is 0 Å². The van der Waals surface area contributed by atoms with E-state index in [4.69, 9.17) is 14.2 Å². The van der Waals surface area contributed by atoms with E-state index in [1.807, 2.05) is 0 Å². The van der Waals surface area contributed by atoms with Gasteiger partial charge in [0.2, 0.25) is 0 Å². The summed E-state index contributed by atoms with van der Waals surface area (Å²) in [5.74, 6) is 0. The van der Waals surface area contributed by atoms with Crippen molar-refractivity contribution in [2.45, 2.75) is 36.9 Å². The lowest BCUT2D eigenvalue weighted by molar-refractivity contribution is -0.0600. The molecule has 2 fully saturated rings. The predicted molar refractivity (Wildman–Crippen MR) is 40.9 cm³/mol. The third kappa shape index (κ3) is 0.992. The molecule has 2 aliphatic rings. The second kappa shape index (κ2) is 2.96. The molecule has 0 aromatic rings. The van der Waals surface area contributed by atoms with Crippen molar-refractivity contribution in [1.29, 1.82) is 0 Å². The maximum absolute atomic E-state index is 9.65. The minimum atomic E-state index is -0.529. The Kier molecular flexibility index (Phi) is 2.08. The van der Waals surface area contributed by atoms with Crippen LogP contribution in [0.25, 0.3) is 0 Å². The summed E-state index contributed by atoms with van der Waals surface area (Å²) in [6.45, 7) is 0. The third-order valence-electron chi connectivity index (χ3n) is 2.78. The molecule has 4 heteroatoms. The Morgan fingerprint density at radius 2 is 2.08 bits per heavy atom. The van der Waals surface area contributed by atoms with Gasteiger partial charge < -0.3 is 19.3 Å². The van der Waals surface area contributed by atoms with Crippen LogP contribution in [-0.2, 0) is 14.2 Å². The van der Waals surface area contributed by atoms with Crippen molar-refractivity contribution in [3.8, 4) is 0 Å². The van der Waals surface area contributed by atoms with E-state index < -0.39 is 6.10 Å². The van der Waals surface area contributed by atoms with E-state index in [0.29, 0.717) is 0 Å². The van der Waals surface area contributed by atoms with Gasteiger partial charge in [0.05, 0.1) is 12.2 Å². The number of hydrogen-bond acceptors (Lipinski definition) is 4. The first-order valence-corrected chi connectivity index (χ1v) is 4.17. The average Bonchev–Trinajstić information content (AvgIpc) is 2.60. The maximum Gasteiger partial charge on any atom is 0.113 e. The zero-order valence-electron chi connectivity index (χ0n) is 7.27. The molecule has 2 saturated heterocycles. The first-order chi connectivity index (χ1) is 5.77. The van der Waals surface area contributed by atoms with Gasteiger partial charge in [-0.1, -0.05) is 0 Å². The number of hydrogen-bond donors (Lipinski definition) is 1. The van der Waals surface area contributed by atoms with E-state index in [1.54, 1.807) is 14.2 Å². The largest absolute Gasteiger partial charge is 0.387 e. The van der Waals surface area contributed by atoms with Gasteiger partial charge in [-0.25, -0.2) is 0 Å². The molecule has 2 heterocycles. The Bertz CT molecular complexity index is 168. The molecule has 2 bridgehead atoms. The van der Waals surface area contributed by atoms with Gasteiger partial charge >= 0.3 is 0 Å². The Morgan fingerprint density at radius 3 is 2.58 bits per heavy atom. The molecule has 0 amide bonds. The molecule has 0 aromatic carbocycles. The van der Waals surface area contributed by atoms with E-state index in [-0.39, 0.29) is 24.4 Å². The lowest BCUT2D eigenvalue weighted by atomic mass is 9.92. The highest BCUT2D eigenvalue weighted by atomic mass is 16.6. The summed E-state index contributed by atoms with van der Waals surface area (Å²) in [4.78, 5) is 0. The second-order valence-electron chi connectivity index (χ2n) is 3.34. The average molecular weight is 174 g/mol. The predicted octanol–water partition coefficient (Wildman–Crippen LogP) is -0.452. The number of fused-ring (bicyclic) bond motifs is 2. The standard InChI is InChI=1S/C8H14O4/c1-10-4-3-5-7(11-2)6(9)8(4)12-5/h4-9H,3H2,1-2H3/t4-,5-,6+,7-,8+/m1/s1. The summed E-state index contributed by atoms with van der Waals surface area (Å²) < 4.78 is 15.8. The Hall–Kier alpha value is -0.160. The lowest BCUT2D eigenvalue weighted by Crippen LogP contribution is -2.45. The van der Waals surface area contributed by atoms with Gasteiger partial charge in [-0.3, -0.25) is 0 Å². The second-order valence-corrected chi connectivity index (χ2v) is 3.34. The highest BCUT2D eigenvalue weighted by molar-refractivity contribution is 5.03.